The SMILES string of the molecule is CCOc1c(Br)cc(C(=O)NCC(N)(CC)CC)cc1OC.Cl. The zero-order chi connectivity index (χ0) is 16.8. The van der Waals surface area contributed by atoms with Crippen molar-refractivity contribution in [2.24, 2.45) is 5.73 Å². The summed E-state index contributed by atoms with van der Waals surface area (Å²) < 4.78 is 11.5. The summed E-state index contributed by atoms with van der Waals surface area (Å²) in [6.07, 6.45) is 1.61. The second kappa shape index (κ2) is 10.0. The van der Waals surface area contributed by atoms with Crippen molar-refractivity contribution in [1.29, 1.82) is 0 Å². The molecule has 0 spiro atoms. The van der Waals surface area contributed by atoms with E-state index in [1.165, 1.54) is 0 Å². The molecule has 0 fully saturated rings. The van der Waals surface area contributed by atoms with E-state index in [0.717, 1.165) is 12.8 Å². The van der Waals surface area contributed by atoms with E-state index >= 15 is 0 Å². The van der Waals surface area contributed by atoms with Crippen molar-refractivity contribution in [2.45, 2.75) is 39.2 Å². The maximum atomic E-state index is 12.3. The predicted octanol–water partition coefficient (Wildman–Crippen LogP) is 3.53. The molecule has 1 rings (SSSR count). The Labute approximate surface area is 152 Å². The normalized spacial score (nSPS) is 10.7. The molecule has 132 valence electrons. The van der Waals surface area contributed by atoms with E-state index < -0.39 is 0 Å². The van der Waals surface area contributed by atoms with Crippen LogP contribution in [0, 0.1) is 0 Å². The van der Waals surface area contributed by atoms with Crippen molar-refractivity contribution in [3.05, 3.63) is 22.2 Å². The number of carbonyl (C=O) groups is 1. The molecule has 7 heteroatoms. The Morgan fingerprint density at radius 2 is 1.91 bits per heavy atom. The molecular formula is C16H26BrClN2O3. The Hall–Kier alpha value is -0.980. The summed E-state index contributed by atoms with van der Waals surface area (Å²) in [4.78, 5) is 12.3. The molecule has 0 bridgehead atoms. The van der Waals surface area contributed by atoms with Crippen molar-refractivity contribution in [1.82, 2.24) is 5.32 Å². The van der Waals surface area contributed by atoms with Gasteiger partial charge < -0.3 is 20.5 Å². The van der Waals surface area contributed by atoms with Crippen LogP contribution in [-0.2, 0) is 0 Å². The first-order chi connectivity index (χ1) is 10.4. The van der Waals surface area contributed by atoms with Gasteiger partial charge in [-0.1, -0.05) is 13.8 Å². The van der Waals surface area contributed by atoms with Gasteiger partial charge in [0.25, 0.3) is 5.91 Å². The average Bonchev–Trinajstić information content (AvgIpc) is 2.53. The number of benzene rings is 1. The van der Waals surface area contributed by atoms with Crippen molar-refractivity contribution in [2.75, 3.05) is 20.3 Å². The smallest absolute Gasteiger partial charge is 0.251 e. The lowest BCUT2D eigenvalue weighted by atomic mass is 9.94. The third kappa shape index (κ3) is 5.86. The number of halogens is 2. The first kappa shape index (κ1) is 22.0. The van der Waals surface area contributed by atoms with Gasteiger partial charge in [-0.05, 0) is 47.8 Å². The monoisotopic (exact) mass is 408 g/mol. The van der Waals surface area contributed by atoms with Crippen LogP contribution in [0.4, 0.5) is 0 Å². The molecule has 0 heterocycles. The average molecular weight is 410 g/mol. The molecule has 1 aromatic carbocycles. The minimum atomic E-state index is -0.373. The van der Waals surface area contributed by atoms with Gasteiger partial charge in [-0.15, -0.1) is 12.4 Å². The maximum Gasteiger partial charge on any atom is 0.251 e. The maximum absolute atomic E-state index is 12.3. The van der Waals surface area contributed by atoms with E-state index in [0.29, 0.717) is 34.7 Å². The van der Waals surface area contributed by atoms with Gasteiger partial charge in [0, 0.05) is 17.6 Å². The molecule has 1 amide bonds. The first-order valence-corrected chi connectivity index (χ1v) is 8.27. The zero-order valence-corrected chi connectivity index (χ0v) is 16.5. The topological polar surface area (TPSA) is 73.6 Å². The van der Waals surface area contributed by atoms with Crippen molar-refractivity contribution in [3.63, 3.8) is 0 Å². The standard InChI is InChI=1S/C16H25BrN2O3.ClH/c1-5-16(18,6-2)10-19-15(20)11-8-12(17)14(22-7-3)13(9-11)21-4;/h8-9H,5-7,10,18H2,1-4H3,(H,19,20);1H. The van der Waals surface area contributed by atoms with Gasteiger partial charge in [0.15, 0.2) is 11.5 Å². The van der Waals surface area contributed by atoms with Gasteiger partial charge in [-0.2, -0.15) is 0 Å². The third-order valence-corrected chi connectivity index (χ3v) is 4.38. The van der Waals surface area contributed by atoms with Gasteiger partial charge in [-0.3, -0.25) is 4.79 Å². The molecule has 0 aromatic heterocycles. The van der Waals surface area contributed by atoms with Crippen LogP contribution in [0.5, 0.6) is 11.5 Å². The van der Waals surface area contributed by atoms with Crippen molar-refractivity contribution >= 4 is 34.2 Å². The molecule has 0 atom stereocenters. The molecule has 5 nitrogen and oxygen atoms in total. The summed E-state index contributed by atoms with van der Waals surface area (Å²) in [5, 5.41) is 2.89. The highest BCUT2D eigenvalue weighted by atomic mass is 79.9. The third-order valence-electron chi connectivity index (χ3n) is 3.79. The fourth-order valence-electron chi connectivity index (χ4n) is 1.99. The number of nitrogens with one attached hydrogen (secondary N) is 1. The highest BCUT2D eigenvalue weighted by Crippen LogP contribution is 2.36. The van der Waals surface area contributed by atoms with Crippen LogP contribution in [0.2, 0.25) is 0 Å². The van der Waals surface area contributed by atoms with Crippen LogP contribution in [0.25, 0.3) is 0 Å². The molecule has 0 saturated heterocycles. The number of ether oxygens (including phenoxy) is 2. The van der Waals surface area contributed by atoms with Gasteiger partial charge in [-0.25, -0.2) is 0 Å². The molecule has 23 heavy (non-hydrogen) atoms. The van der Waals surface area contributed by atoms with Crippen LogP contribution in [-0.4, -0.2) is 31.7 Å². The van der Waals surface area contributed by atoms with Crippen molar-refractivity contribution < 1.29 is 14.3 Å². The summed E-state index contributed by atoms with van der Waals surface area (Å²) in [6, 6.07) is 3.39. The van der Waals surface area contributed by atoms with E-state index in [4.69, 9.17) is 15.2 Å². The Bertz CT molecular complexity index is 522. The molecule has 0 saturated carbocycles. The number of carbonyl (C=O) groups excluding carboxylic acids is 1. The number of rotatable bonds is 8. The Morgan fingerprint density at radius 3 is 2.39 bits per heavy atom. The van der Waals surface area contributed by atoms with E-state index in [1.54, 1.807) is 19.2 Å². The molecule has 0 radical (unpaired) electrons. The van der Waals surface area contributed by atoms with Gasteiger partial charge in [0.1, 0.15) is 0 Å². The Morgan fingerprint density at radius 1 is 1.30 bits per heavy atom. The van der Waals surface area contributed by atoms with Crippen LogP contribution >= 0.6 is 28.3 Å². The van der Waals surface area contributed by atoms with Crippen LogP contribution in [0.15, 0.2) is 16.6 Å². The summed E-state index contributed by atoms with van der Waals surface area (Å²) in [7, 11) is 1.55. The van der Waals surface area contributed by atoms with Crippen molar-refractivity contribution in [3.8, 4) is 11.5 Å². The molecular weight excluding hydrogens is 384 g/mol. The summed E-state index contributed by atoms with van der Waals surface area (Å²) >= 11 is 3.42. The number of hydrogen-bond acceptors (Lipinski definition) is 4. The fraction of sp³-hybridized carbons (Fsp3) is 0.562. The lowest BCUT2D eigenvalue weighted by Gasteiger charge is -2.26. The van der Waals surface area contributed by atoms with Gasteiger partial charge in [0.05, 0.1) is 18.2 Å². The molecule has 0 unspecified atom stereocenters. The van der Waals surface area contributed by atoms with E-state index in [2.05, 4.69) is 21.2 Å². The Kier molecular flexibility index (Phi) is 9.58. The van der Waals surface area contributed by atoms with Crippen LogP contribution in [0.3, 0.4) is 0 Å². The second-order valence-corrected chi connectivity index (χ2v) is 6.03. The predicted molar refractivity (Wildman–Crippen MR) is 98.9 cm³/mol. The Balaban J connectivity index is 0.00000484. The quantitative estimate of drug-likeness (QED) is 0.689. The molecule has 0 aliphatic rings. The number of amides is 1. The summed E-state index contributed by atoms with van der Waals surface area (Å²) in [5.41, 5.74) is 6.33. The number of nitrogens with two attached hydrogens (primary N) is 1. The first-order valence-electron chi connectivity index (χ1n) is 7.48. The highest BCUT2D eigenvalue weighted by Gasteiger charge is 2.22. The second-order valence-electron chi connectivity index (χ2n) is 5.17. The fourth-order valence-corrected chi connectivity index (χ4v) is 2.55. The minimum absolute atomic E-state index is 0. The lowest BCUT2D eigenvalue weighted by Crippen LogP contribution is -2.49. The highest BCUT2D eigenvalue weighted by molar-refractivity contribution is 9.10. The molecule has 1 aromatic rings. The molecule has 0 aliphatic carbocycles. The van der Waals surface area contributed by atoms with Gasteiger partial charge in [0.2, 0.25) is 0 Å². The summed E-state index contributed by atoms with van der Waals surface area (Å²) in [5.74, 6) is 0.932. The van der Waals surface area contributed by atoms with Crippen LogP contribution in [0.1, 0.15) is 44.0 Å². The zero-order valence-electron chi connectivity index (χ0n) is 14.1. The van der Waals surface area contributed by atoms with Crippen LogP contribution < -0.4 is 20.5 Å². The molecule has 3 N–H and O–H groups in total. The van der Waals surface area contributed by atoms with Gasteiger partial charge >= 0.3 is 0 Å². The van der Waals surface area contributed by atoms with E-state index in [-0.39, 0.29) is 23.9 Å². The lowest BCUT2D eigenvalue weighted by molar-refractivity contribution is 0.0941. The molecule has 0 aliphatic heterocycles. The van der Waals surface area contributed by atoms with E-state index in [1.807, 2.05) is 20.8 Å². The summed E-state index contributed by atoms with van der Waals surface area (Å²) in [6.45, 7) is 6.89. The number of hydrogen-bond donors (Lipinski definition) is 2. The minimum Gasteiger partial charge on any atom is -0.493 e. The number of methoxy groups -OCH3 is 1. The van der Waals surface area contributed by atoms with E-state index in [9.17, 15) is 4.79 Å². The largest absolute Gasteiger partial charge is 0.493 e.